The van der Waals surface area contributed by atoms with Crippen LogP contribution in [0.3, 0.4) is 0 Å². The van der Waals surface area contributed by atoms with Gasteiger partial charge in [0.2, 0.25) is 5.91 Å². The predicted molar refractivity (Wildman–Crippen MR) is 79.9 cm³/mol. The summed E-state index contributed by atoms with van der Waals surface area (Å²) in [5.74, 6) is 0.690. The molecule has 2 atom stereocenters. The van der Waals surface area contributed by atoms with Crippen LogP contribution in [0.25, 0.3) is 0 Å². The quantitative estimate of drug-likeness (QED) is 0.815. The number of rotatable bonds is 3. The Bertz CT molecular complexity index is 684. The normalized spacial score (nSPS) is 25.0. The second-order valence-electron chi connectivity index (χ2n) is 6.13. The molecule has 2 aliphatic heterocycles. The van der Waals surface area contributed by atoms with E-state index >= 15 is 0 Å². The number of likely N-dealkylation sites (tertiary alicyclic amines) is 1. The third kappa shape index (κ3) is 2.27. The first-order valence-electron chi connectivity index (χ1n) is 7.47. The van der Waals surface area contributed by atoms with Gasteiger partial charge in [-0.3, -0.25) is 14.4 Å². The fraction of sp³-hybridized carbons (Fsp3) is 0.467. The summed E-state index contributed by atoms with van der Waals surface area (Å²) in [4.78, 5) is 24.8. The molecule has 2 aliphatic rings. The summed E-state index contributed by atoms with van der Waals surface area (Å²) in [6.07, 6.45) is 8.83. The molecule has 4 heterocycles. The van der Waals surface area contributed by atoms with Crippen molar-refractivity contribution >= 4 is 11.6 Å². The van der Waals surface area contributed by atoms with Crippen LogP contribution in [0.15, 0.2) is 31.1 Å². The summed E-state index contributed by atoms with van der Waals surface area (Å²) in [5.41, 5.74) is 2.00. The third-order valence-electron chi connectivity index (χ3n) is 4.54. The first-order chi connectivity index (χ1) is 10.7. The molecule has 0 bridgehead atoms. The second kappa shape index (κ2) is 5.17. The summed E-state index contributed by atoms with van der Waals surface area (Å²) < 4.78 is 1.81. The van der Waals surface area contributed by atoms with Crippen LogP contribution < -0.4 is 4.90 Å². The van der Waals surface area contributed by atoms with Crippen molar-refractivity contribution in [1.82, 2.24) is 24.6 Å². The monoisotopic (exact) mass is 298 g/mol. The lowest BCUT2D eigenvalue weighted by molar-refractivity contribution is -0.120. The van der Waals surface area contributed by atoms with E-state index in [1.807, 2.05) is 29.0 Å². The van der Waals surface area contributed by atoms with Gasteiger partial charge in [-0.1, -0.05) is 0 Å². The molecule has 2 saturated heterocycles. The lowest BCUT2D eigenvalue weighted by Gasteiger charge is -2.20. The molecular formula is C15H18N6O. The average molecular weight is 298 g/mol. The molecule has 22 heavy (non-hydrogen) atoms. The standard InChI is InChI=1S/C15H18N6O/c1-19-5-11(2-18-19)6-20-7-12-8-21(15(22)14(12)9-20)13-3-16-10-17-4-13/h2-5,10,12,14H,6-9H2,1H3/t12-,14-/m0/s1. The van der Waals surface area contributed by atoms with Gasteiger partial charge in [0, 0.05) is 50.9 Å². The van der Waals surface area contributed by atoms with Crippen molar-refractivity contribution < 1.29 is 4.79 Å². The van der Waals surface area contributed by atoms with E-state index in [4.69, 9.17) is 0 Å². The highest BCUT2D eigenvalue weighted by Crippen LogP contribution is 2.35. The van der Waals surface area contributed by atoms with E-state index in [-0.39, 0.29) is 11.8 Å². The summed E-state index contributed by atoms with van der Waals surface area (Å²) in [7, 11) is 1.92. The fourth-order valence-corrected chi connectivity index (χ4v) is 3.55. The average Bonchev–Trinajstić information content (AvgIpc) is 3.18. The van der Waals surface area contributed by atoms with Crippen molar-refractivity contribution in [3.63, 3.8) is 0 Å². The molecule has 0 radical (unpaired) electrons. The van der Waals surface area contributed by atoms with Gasteiger partial charge in [0.1, 0.15) is 6.33 Å². The minimum absolute atomic E-state index is 0.0943. The molecule has 0 saturated carbocycles. The van der Waals surface area contributed by atoms with Crippen LogP contribution in [-0.2, 0) is 18.4 Å². The maximum atomic E-state index is 12.6. The molecule has 0 spiro atoms. The number of hydrogen-bond donors (Lipinski definition) is 0. The van der Waals surface area contributed by atoms with E-state index < -0.39 is 0 Å². The van der Waals surface area contributed by atoms with Crippen LogP contribution in [0.4, 0.5) is 5.69 Å². The smallest absolute Gasteiger partial charge is 0.231 e. The minimum atomic E-state index is 0.0943. The number of amides is 1. The van der Waals surface area contributed by atoms with Crippen molar-refractivity contribution in [2.45, 2.75) is 6.54 Å². The summed E-state index contributed by atoms with van der Waals surface area (Å²) in [5, 5.41) is 4.20. The highest BCUT2D eigenvalue weighted by atomic mass is 16.2. The van der Waals surface area contributed by atoms with Gasteiger partial charge in [0.25, 0.3) is 0 Å². The topological polar surface area (TPSA) is 67.2 Å². The first-order valence-corrected chi connectivity index (χ1v) is 7.47. The van der Waals surface area contributed by atoms with Crippen LogP contribution in [0.5, 0.6) is 0 Å². The van der Waals surface area contributed by atoms with Crippen LogP contribution in [-0.4, -0.2) is 50.2 Å². The molecular weight excluding hydrogens is 280 g/mol. The molecule has 2 aromatic rings. The predicted octanol–water partition coefficient (Wildman–Crippen LogP) is 0.305. The van der Waals surface area contributed by atoms with E-state index in [1.54, 1.807) is 12.4 Å². The zero-order chi connectivity index (χ0) is 15.1. The van der Waals surface area contributed by atoms with Gasteiger partial charge in [-0.05, 0) is 0 Å². The second-order valence-corrected chi connectivity index (χ2v) is 6.13. The van der Waals surface area contributed by atoms with Gasteiger partial charge >= 0.3 is 0 Å². The van der Waals surface area contributed by atoms with Gasteiger partial charge in [-0.2, -0.15) is 5.10 Å². The zero-order valence-electron chi connectivity index (χ0n) is 12.5. The molecule has 0 N–H and O–H groups in total. The van der Waals surface area contributed by atoms with Crippen molar-refractivity contribution in [1.29, 1.82) is 0 Å². The van der Waals surface area contributed by atoms with Gasteiger partial charge in [-0.25, -0.2) is 9.97 Å². The van der Waals surface area contributed by atoms with Crippen molar-refractivity contribution in [2.24, 2.45) is 18.9 Å². The van der Waals surface area contributed by atoms with Gasteiger partial charge in [0.05, 0.1) is 30.2 Å². The maximum absolute atomic E-state index is 12.6. The Balaban J connectivity index is 1.44. The van der Waals surface area contributed by atoms with Gasteiger partial charge < -0.3 is 4.90 Å². The number of aromatic nitrogens is 4. The highest BCUT2D eigenvalue weighted by molar-refractivity contribution is 5.97. The van der Waals surface area contributed by atoms with E-state index in [2.05, 4.69) is 20.0 Å². The number of aryl methyl sites for hydroxylation is 1. The number of hydrogen-bond acceptors (Lipinski definition) is 5. The summed E-state index contributed by atoms with van der Waals surface area (Å²) >= 11 is 0. The van der Waals surface area contributed by atoms with Crippen LogP contribution in [0.1, 0.15) is 5.56 Å². The molecule has 0 aliphatic carbocycles. The Kier molecular flexibility index (Phi) is 3.15. The molecule has 1 amide bonds. The first kappa shape index (κ1) is 13.4. The molecule has 0 aromatic carbocycles. The molecule has 0 unspecified atom stereocenters. The van der Waals surface area contributed by atoms with E-state index in [0.29, 0.717) is 5.92 Å². The summed E-state index contributed by atoms with van der Waals surface area (Å²) in [6.45, 7) is 3.40. The Morgan fingerprint density at radius 1 is 1.18 bits per heavy atom. The zero-order valence-corrected chi connectivity index (χ0v) is 12.5. The third-order valence-corrected chi connectivity index (χ3v) is 4.54. The largest absolute Gasteiger partial charge is 0.309 e. The number of fused-ring (bicyclic) bond motifs is 1. The maximum Gasteiger partial charge on any atom is 0.231 e. The van der Waals surface area contributed by atoms with Gasteiger partial charge in [-0.15, -0.1) is 0 Å². The lowest BCUT2D eigenvalue weighted by atomic mass is 10.0. The number of anilines is 1. The Labute approximate surface area is 128 Å². The Hall–Kier alpha value is -2.28. The van der Waals surface area contributed by atoms with Gasteiger partial charge in [0.15, 0.2) is 0 Å². The molecule has 2 aromatic heterocycles. The lowest BCUT2D eigenvalue weighted by Crippen LogP contribution is -2.32. The molecule has 7 nitrogen and oxygen atoms in total. The van der Waals surface area contributed by atoms with E-state index in [0.717, 1.165) is 31.9 Å². The highest BCUT2D eigenvalue weighted by Gasteiger charge is 2.46. The molecule has 2 fully saturated rings. The van der Waals surface area contributed by atoms with E-state index in [9.17, 15) is 4.79 Å². The Morgan fingerprint density at radius 2 is 2.00 bits per heavy atom. The van der Waals surface area contributed by atoms with Crippen LogP contribution in [0, 0.1) is 11.8 Å². The van der Waals surface area contributed by atoms with Crippen LogP contribution in [0.2, 0.25) is 0 Å². The van der Waals surface area contributed by atoms with Crippen molar-refractivity contribution in [3.8, 4) is 0 Å². The van der Waals surface area contributed by atoms with Crippen molar-refractivity contribution in [3.05, 3.63) is 36.7 Å². The minimum Gasteiger partial charge on any atom is -0.309 e. The fourth-order valence-electron chi connectivity index (χ4n) is 3.55. The van der Waals surface area contributed by atoms with E-state index in [1.165, 1.54) is 11.9 Å². The molecule has 4 rings (SSSR count). The number of carbonyl (C=O) groups is 1. The molecule has 114 valence electrons. The molecule has 7 heteroatoms. The Morgan fingerprint density at radius 3 is 2.68 bits per heavy atom. The number of nitrogens with zero attached hydrogens (tertiary/aromatic N) is 6. The van der Waals surface area contributed by atoms with Crippen LogP contribution >= 0.6 is 0 Å². The van der Waals surface area contributed by atoms with Crippen molar-refractivity contribution in [2.75, 3.05) is 24.5 Å². The number of carbonyl (C=O) groups excluding carboxylic acids is 1. The SMILES string of the molecule is Cn1cc(CN2C[C@H]3CN(c4cncnc4)C(=O)[C@H]3C2)cn1. The summed E-state index contributed by atoms with van der Waals surface area (Å²) in [6, 6.07) is 0.